The largest absolute Gasteiger partial charge is 0.465 e. The molecule has 1 heterocycles. The summed E-state index contributed by atoms with van der Waals surface area (Å²) in [6.07, 6.45) is 2.99. The van der Waals surface area contributed by atoms with Gasteiger partial charge in [0.05, 0.1) is 6.61 Å². The van der Waals surface area contributed by atoms with E-state index in [2.05, 4.69) is 32.2 Å². The Morgan fingerprint density at radius 1 is 1.42 bits per heavy atom. The summed E-state index contributed by atoms with van der Waals surface area (Å²) in [6, 6.07) is -0.211. The third-order valence-corrected chi connectivity index (χ3v) is 3.15. The minimum Gasteiger partial charge on any atom is -0.465 e. The van der Waals surface area contributed by atoms with E-state index in [-0.39, 0.29) is 18.0 Å². The van der Waals surface area contributed by atoms with Gasteiger partial charge >= 0.3 is 12.0 Å². The molecule has 2 amide bonds. The van der Waals surface area contributed by atoms with Crippen LogP contribution in [0.5, 0.6) is 0 Å². The number of urea groups is 1. The number of nitrogens with zero attached hydrogens (tertiary/aromatic N) is 1. The second kappa shape index (κ2) is 6.59. The highest BCUT2D eigenvalue weighted by Crippen LogP contribution is 2.29. The van der Waals surface area contributed by atoms with Gasteiger partial charge in [0.2, 0.25) is 0 Å². The zero-order valence-electron chi connectivity index (χ0n) is 12.3. The summed E-state index contributed by atoms with van der Waals surface area (Å²) < 4.78 is 4.76. The molecule has 1 aliphatic heterocycles. The summed E-state index contributed by atoms with van der Waals surface area (Å²) in [7, 11) is 0. The second-order valence-electron chi connectivity index (χ2n) is 5.64. The molecule has 0 radical (unpaired) electrons. The van der Waals surface area contributed by atoms with Crippen molar-refractivity contribution in [3.05, 3.63) is 11.6 Å². The predicted octanol–water partition coefficient (Wildman–Crippen LogP) is 1.94. The number of hydrogen-bond donors (Lipinski definition) is 1. The van der Waals surface area contributed by atoms with Crippen LogP contribution in [0.15, 0.2) is 11.6 Å². The molecule has 0 spiro atoms. The summed E-state index contributed by atoms with van der Waals surface area (Å²) in [6.45, 7) is 9.82. The average molecular weight is 268 g/mol. The van der Waals surface area contributed by atoms with Crippen molar-refractivity contribution < 1.29 is 14.3 Å². The zero-order valence-corrected chi connectivity index (χ0v) is 12.3. The van der Waals surface area contributed by atoms with Gasteiger partial charge in [-0.3, -0.25) is 4.79 Å². The smallest absolute Gasteiger partial charge is 0.325 e. The number of esters is 1. The number of rotatable bonds is 3. The predicted molar refractivity (Wildman–Crippen MR) is 73.8 cm³/mol. The molecule has 19 heavy (non-hydrogen) atoms. The van der Waals surface area contributed by atoms with Crippen molar-refractivity contribution in [3.63, 3.8) is 0 Å². The molecule has 1 aliphatic rings. The van der Waals surface area contributed by atoms with Gasteiger partial charge in [-0.15, -0.1) is 0 Å². The van der Waals surface area contributed by atoms with Crippen LogP contribution in [0.25, 0.3) is 0 Å². The zero-order chi connectivity index (χ0) is 14.5. The molecule has 0 fully saturated rings. The maximum Gasteiger partial charge on any atom is 0.325 e. The van der Waals surface area contributed by atoms with E-state index >= 15 is 0 Å². The number of nitrogens with one attached hydrogen (secondary N) is 1. The number of carbonyl (C=O) groups is 2. The summed E-state index contributed by atoms with van der Waals surface area (Å²) >= 11 is 0. The fraction of sp³-hybridized carbons (Fsp3) is 0.714. The monoisotopic (exact) mass is 268 g/mol. The van der Waals surface area contributed by atoms with Crippen molar-refractivity contribution >= 4 is 12.0 Å². The molecule has 0 aromatic carbocycles. The third-order valence-electron chi connectivity index (χ3n) is 3.15. The molecule has 0 saturated heterocycles. The van der Waals surface area contributed by atoms with E-state index in [0.29, 0.717) is 19.7 Å². The van der Waals surface area contributed by atoms with Crippen molar-refractivity contribution in [2.75, 3.05) is 26.2 Å². The van der Waals surface area contributed by atoms with Crippen molar-refractivity contribution in [1.29, 1.82) is 0 Å². The molecule has 0 saturated carbocycles. The lowest BCUT2D eigenvalue weighted by Gasteiger charge is -2.32. The van der Waals surface area contributed by atoms with Crippen LogP contribution in [0.3, 0.4) is 0 Å². The van der Waals surface area contributed by atoms with Gasteiger partial charge < -0.3 is 15.0 Å². The minimum atomic E-state index is -0.404. The minimum absolute atomic E-state index is 0.0704. The number of amides is 2. The molecular weight excluding hydrogens is 244 g/mol. The quantitative estimate of drug-likeness (QED) is 0.628. The highest BCUT2D eigenvalue weighted by atomic mass is 16.5. The topological polar surface area (TPSA) is 58.6 Å². The fourth-order valence-corrected chi connectivity index (χ4v) is 2.01. The van der Waals surface area contributed by atoms with E-state index in [0.717, 1.165) is 6.42 Å². The summed E-state index contributed by atoms with van der Waals surface area (Å²) in [5.41, 5.74) is 1.54. The van der Waals surface area contributed by atoms with Crippen molar-refractivity contribution in [2.24, 2.45) is 5.41 Å². The molecule has 0 aromatic heterocycles. The van der Waals surface area contributed by atoms with Crippen molar-refractivity contribution in [3.8, 4) is 0 Å². The van der Waals surface area contributed by atoms with Crippen LogP contribution in [0.4, 0.5) is 4.79 Å². The van der Waals surface area contributed by atoms with E-state index < -0.39 is 5.97 Å². The Bertz CT molecular complexity index is 369. The second-order valence-corrected chi connectivity index (χ2v) is 5.64. The molecule has 0 bridgehead atoms. The van der Waals surface area contributed by atoms with Crippen molar-refractivity contribution in [2.45, 2.75) is 34.1 Å². The van der Waals surface area contributed by atoms with Gasteiger partial charge in [0, 0.05) is 13.1 Å². The third kappa shape index (κ3) is 4.93. The fourth-order valence-electron chi connectivity index (χ4n) is 2.01. The summed E-state index contributed by atoms with van der Waals surface area (Å²) in [5, 5.41) is 2.57. The highest BCUT2D eigenvalue weighted by Gasteiger charge is 2.23. The van der Waals surface area contributed by atoms with Gasteiger partial charge in [-0.25, -0.2) is 4.79 Å². The van der Waals surface area contributed by atoms with Crippen LogP contribution >= 0.6 is 0 Å². The van der Waals surface area contributed by atoms with Crippen molar-refractivity contribution in [1.82, 2.24) is 10.2 Å². The van der Waals surface area contributed by atoms with Gasteiger partial charge in [-0.1, -0.05) is 32.4 Å². The SMILES string of the molecule is CCOC(=O)CNC(=O)N1CC=C(C(C)(C)C)CC1. The van der Waals surface area contributed by atoms with E-state index in [1.165, 1.54) is 5.57 Å². The molecule has 0 atom stereocenters. The molecule has 5 heteroatoms. The molecule has 5 nitrogen and oxygen atoms in total. The summed E-state index contributed by atoms with van der Waals surface area (Å²) in [5.74, 6) is -0.404. The van der Waals surface area contributed by atoms with Crippen LogP contribution in [0.1, 0.15) is 34.1 Å². The molecular formula is C14H24N2O3. The molecule has 0 aliphatic carbocycles. The van der Waals surface area contributed by atoms with Crippen LogP contribution in [0, 0.1) is 5.41 Å². The Hall–Kier alpha value is -1.52. The van der Waals surface area contributed by atoms with Gasteiger partial charge in [-0.05, 0) is 18.8 Å². The number of hydrogen-bond acceptors (Lipinski definition) is 3. The first-order chi connectivity index (χ1) is 8.84. The Labute approximate surface area is 115 Å². The first-order valence-electron chi connectivity index (χ1n) is 6.72. The molecule has 108 valence electrons. The van der Waals surface area contributed by atoms with Crippen LogP contribution in [-0.4, -0.2) is 43.1 Å². The lowest BCUT2D eigenvalue weighted by Crippen LogP contribution is -2.44. The molecule has 0 aromatic rings. The lowest BCUT2D eigenvalue weighted by molar-refractivity contribution is -0.141. The normalized spacial score (nSPS) is 15.8. The first-order valence-corrected chi connectivity index (χ1v) is 6.72. The molecule has 0 unspecified atom stereocenters. The number of ether oxygens (including phenoxy) is 1. The maximum absolute atomic E-state index is 11.8. The Balaban J connectivity index is 2.41. The van der Waals surface area contributed by atoms with Crippen LogP contribution in [-0.2, 0) is 9.53 Å². The summed E-state index contributed by atoms with van der Waals surface area (Å²) in [4.78, 5) is 24.7. The standard InChI is InChI=1S/C14H24N2O3/c1-5-19-12(17)10-15-13(18)16-8-6-11(7-9-16)14(2,3)4/h6H,5,7-10H2,1-4H3,(H,15,18). The van der Waals surface area contributed by atoms with E-state index in [9.17, 15) is 9.59 Å². The van der Waals surface area contributed by atoms with Gasteiger partial charge in [0.25, 0.3) is 0 Å². The van der Waals surface area contributed by atoms with Gasteiger partial charge in [-0.2, -0.15) is 0 Å². The molecule has 1 N–H and O–H groups in total. The number of carbonyl (C=O) groups excluding carboxylic acids is 2. The highest BCUT2D eigenvalue weighted by molar-refractivity contribution is 5.81. The van der Waals surface area contributed by atoms with E-state index in [4.69, 9.17) is 4.74 Å². The first kappa shape index (κ1) is 15.5. The maximum atomic E-state index is 11.8. The molecule has 1 rings (SSSR count). The van der Waals surface area contributed by atoms with Crippen LogP contribution < -0.4 is 5.32 Å². The van der Waals surface area contributed by atoms with E-state index in [1.54, 1.807) is 11.8 Å². The van der Waals surface area contributed by atoms with E-state index in [1.807, 2.05) is 0 Å². The Morgan fingerprint density at radius 3 is 2.58 bits per heavy atom. The lowest BCUT2D eigenvalue weighted by atomic mass is 9.83. The van der Waals surface area contributed by atoms with Gasteiger partial charge in [0.15, 0.2) is 0 Å². The Kier molecular flexibility index (Phi) is 5.39. The average Bonchev–Trinajstić information content (AvgIpc) is 2.35. The Morgan fingerprint density at radius 2 is 2.11 bits per heavy atom. The van der Waals surface area contributed by atoms with Crippen LogP contribution in [0.2, 0.25) is 0 Å². The van der Waals surface area contributed by atoms with Gasteiger partial charge in [0.1, 0.15) is 6.54 Å².